The number of unbranched alkanes of at least 4 members (excludes halogenated alkanes) is 10. The molecule has 0 saturated heterocycles. The lowest BCUT2D eigenvalue weighted by atomic mass is 9.74. The van der Waals surface area contributed by atoms with Crippen molar-refractivity contribution in [2.75, 3.05) is 0 Å². The molecule has 1 atom stereocenters. The Kier molecular flexibility index (Phi) is 14.7. The van der Waals surface area contributed by atoms with Crippen LogP contribution in [-0.2, 0) is 4.79 Å². The van der Waals surface area contributed by atoms with E-state index >= 15 is 0 Å². The normalized spacial score (nSPS) is 13.9. The number of carboxylic acid groups (broad SMARTS) is 1. The van der Waals surface area contributed by atoms with Crippen molar-refractivity contribution in [3.8, 4) is 0 Å². The fraction of sp³-hybridized carbons (Fsp3) is 0.952. The van der Waals surface area contributed by atoms with E-state index in [4.69, 9.17) is 0 Å². The largest absolute Gasteiger partial charge is 0.481 e. The highest BCUT2D eigenvalue weighted by atomic mass is 16.4. The summed E-state index contributed by atoms with van der Waals surface area (Å²) in [7, 11) is 0. The summed E-state index contributed by atoms with van der Waals surface area (Å²) in [6.45, 7) is 6.58. The minimum absolute atomic E-state index is 0.440. The van der Waals surface area contributed by atoms with Crippen LogP contribution in [0.4, 0.5) is 0 Å². The zero-order valence-electron chi connectivity index (χ0n) is 16.2. The molecule has 0 spiro atoms. The lowest BCUT2D eigenvalue weighted by Crippen LogP contribution is -2.31. The van der Waals surface area contributed by atoms with Crippen molar-refractivity contribution >= 4 is 5.97 Å². The number of carbonyl (C=O) groups is 1. The minimum Gasteiger partial charge on any atom is -0.481 e. The van der Waals surface area contributed by atoms with Crippen molar-refractivity contribution in [1.82, 2.24) is 0 Å². The van der Waals surface area contributed by atoms with Crippen LogP contribution in [0.5, 0.6) is 0 Å². The third-order valence-corrected chi connectivity index (χ3v) is 5.20. The molecule has 0 radical (unpaired) electrons. The molecule has 1 unspecified atom stereocenters. The van der Waals surface area contributed by atoms with Crippen LogP contribution in [0.25, 0.3) is 0 Å². The molecular formula is C21H42O2. The third kappa shape index (κ3) is 10.8. The molecule has 0 aromatic carbocycles. The van der Waals surface area contributed by atoms with Crippen molar-refractivity contribution in [2.45, 2.75) is 124 Å². The van der Waals surface area contributed by atoms with Gasteiger partial charge in [0, 0.05) is 0 Å². The molecule has 1 N–H and O–H groups in total. The smallest absolute Gasteiger partial charge is 0.309 e. The van der Waals surface area contributed by atoms with Gasteiger partial charge >= 0.3 is 5.97 Å². The third-order valence-electron chi connectivity index (χ3n) is 5.20. The fourth-order valence-electron chi connectivity index (χ4n) is 3.66. The maximum atomic E-state index is 11.9. The Hall–Kier alpha value is -0.530. The van der Waals surface area contributed by atoms with Crippen molar-refractivity contribution < 1.29 is 9.90 Å². The summed E-state index contributed by atoms with van der Waals surface area (Å²) in [6, 6.07) is 0. The summed E-state index contributed by atoms with van der Waals surface area (Å²) < 4.78 is 0. The molecule has 0 fully saturated rings. The van der Waals surface area contributed by atoms with Crippen LogP contribution in [0.15, 0.2) is 0 Å². The number of carboxylic acids is 1. The fourth-order valence-corrected chi connectivity index (χ4v) is 3.66. The van der Waals surface area contributed by atoms with Crippen LogP contribution in [0.1, 0.15) is 124 Å². The van der Waals surface area contributed by atoms with Crippen molar-refractivity contribution in [3.05, 3.63) is 0 Å². The quantitative estimate of drug-likeness (QED) is 0.283. The first-order valence-electron chi connectivity index (χ1n) is 10.4. The first kappa shape index (κ1) is 22.5. The number of aliphatic carboxylic acids is 1. The molecule has 0 bridgehead atoms. The van der Waals surface area contributed by atoms with Gasteiger partial charge in [-0.15, -0.1) is 0 Å². The second-order valence-electron chi connectivity index (χ2n) is 7.37. The molecule has 0 aliphatic carbocycles. The minimum atomic E-state index is -0.543. The van der Waals surface area contributed by atoms with Crippen molar-refractivity contribution in [3.63, 3.8) is 0 Å². The lowest BCUT2D eigenvalue weighted by Gasteiger charge is -2.29. The summed E-state index contributed by atoms with van der Waals surface area (Å²) >= 11 is 0. The molecule has 0 aromatic heterocycles. The zero-order valence-corrected chi connectivity index (χ0v) is 16.2. The van der Waals surface area contributed by atoms with Gasteiger partial charge in [-0.3, -0.25) is 4.79 Å². The van der Waals surface area contributed by atoms with E-state index in [1.54, 1.807) is 0 Å². The van der Waals surface area contributed by atoms with E-state index in [9.17, 15) is 9.90 Å². The average Bonchev–Trinajstić information content (AvgIpc) is 2.53. The second-order valence-corrected chi connectivity index (χ2v) is 7.37. The van der Waals surface area contributed by atoms with Gasteiger partial charge in [0.2, 0.25) is 0 Å². The molecule has 0 aromatic rings. The van der Waals surface area contributed by atoms with E-state index < -0.39 is 11.4 Å². The van der Waals surface area contributed by atoms with Crippen LogP contribution >= 0.6 is 0 Å². The van der Waals surface area contributed by atoms with Crippen molar-refractivity contribution in [1.29, 1.82) is 0 Å². The lowest BCUT2D eigenvalue weighted by molar-refractivity contribution is -0.150. The first-order valence-corrected chi connectivity index (χ1v) is 10.4. The topological polar surface area (TPSA) is 37.3 Å². The van der Waals surface area contributed by atoms with Gasteiger partial charge in [0.15, 0.2) is 0 Å². The van der Waals surface area contributed by atoms with E-state index in [2.05, 4.69) is 20.8 Å². The maximum absolute atomic E-state index is 11.9. The monoisotopic (exact) mass is 326 g/mol. The first-order chi connectivity index (χ1) is 11.1. The zero-order chi connectivity index (χ0) is 17.4. The Morgan fingerprint density at radius 1 is 0.609 bits per heavy atom. The predicted molar refractivity (Wildman–Crippen MR) is 101 cm³/mol. The van der Waals surface area contributed by atoms with Crippen LogP contribution in [0.2, 0.25) is 0 Å². The molecule has 2 nitrogen and oxygen atoms in total. The average molecular weight is 327 g/mol. The van der Waals surface area contributed by atoms with E-state index in [1.807, 2.05) is 0 Å². The molecule has 0 rings (SSSR count). The maximum Gasteiger partial charge on any atom is 0.309 e. The van der Waals surface area contributed by atoms with Crippen LogP contribution < -0.4 is 0 Å². The standard InChI is InChI=1S/C21H42O2/c1-4-7-9-11-12-13-14-16-19-21(17-6-3,20(22)23)18-15-10-8-5-2/h4-19H2,1-3H3,(H,22,23). The molecule has 0 aliphatic rings. The predicted octanol–water partition coefficient (Wildman–Crippen LogP) is 7.36. The summed E-state index contributed by atoms with van der Waals surface area (Å²) in [6.07, 6.45) is 18.6. The molecule has 0 amide bonds. The van der Waals surface area contributed by atoms with Crippen LogP contribution in [0.3, 0.4) is 0 Å². The number of hydrogen-bond acceptors (Lipinski definition) is 1. The van der Waals surface area contributed by atoms with E-state index in [1.165, 1.54) is 64.2 Å². The Morgan fingerprint density at radius 2 is 1.00 bits per heavy atom. The highest BCUT2D eigenvalue weighted by Gasteiger charge is 2.36. The Bertz CT molecular complexity index is 275. The molecular weight excluding hydrogens is 284 g/mol. The van der Waals surface area contributed by atoms with Crippen LogP contribution in [0, 0.1) is 5.41 Å². The molecule has 23 heavy (non-hydrogen) atoms. The van der Waals surface area contributed by atoms with Gasteiger partial charge in [0.05, 0.1) is 5.41 Å². The van der Waals surface area contributed by atoms with Crippen LogP contribution in [-0.4, -0.2) is 11.1 Å². The molecule has 0 heterocycles. The van der Waals surface area contributed by atoms with Gasteiger partial charge in [-0.25, -0.2) is 0 Å². The second kappa shape index (κ2) is 15.0. The Labute approximate surface area is 145 Å². The summed E-state index contributed by atoms with van der Waals surface area (Å²) in [5, 5.41) is 9.81. The van der Waals surface area contributed by atoms with Gasteiger partial charge in [0.1, 0.15) is 0 Å². The SMILES string of the molecule is CCCCCCCCCCC(CCC)(CCCCCC)C(=O)O. The van der Waals surface area contributed by atoms with Crippen molar-refractivity contribution in [2.24, 2.45) is 5.41 Å². The van der Waals surface area contributed by atoms with Gasteiger partial charge in [-0.05, 0) is 19.3 Å². The Balaban J connectivity index is 4.11. The Morgan fingerprint density at radius 3 is 1.39 bits per heavy atom. The van der Waals surface area contributed by atoms with Gasteiger partial charge < -0.3 is 5.11 Å². The number of rotatable bonds is 17. The van der Waals surface area contributed by atoms with Gasteiger partial charge in [0.25, 0.3) is 0 Å². The summed E-state index contributed by atoms with van der Waals surface area (Å²) in [5.41, 5.74) is -0.440. The summed E-state index contributed by atoms with van der Waals surface area (Å²) in [4.78, 5) is 11.9. The highest BCUT2D eigenvalue weighted by molar-refractivity contribution is 5.74. The molecule has 0 saturated carbocycles. The van der Waals surface area contributed by atoms with E-state index in [0.29, 0.717) is 0 Å². The highest BCUT2D eigenvalue weighted by Crippen LogP contribution is 2.37. The molecule has 138 valence electrons. The van der Waals surface area contributed by atoms with E-state index in [-0.39, 0.29) is 0 Å². The summed E-state index contributed by atoms with van der Waals surface area (Å²) in [5.74, 6) is -0.543. The van der Waals surface area contributed by atoms with Gasteiger partial charge in [-0.2, -0.15) is 0 Å². The number of hydrogen-bond donors (Lipinski definition) is 1. The van der Waals surface area contributed by atoms with E-state index in [0.717, 1.165) is 38.5 Å². The van der Waals surface area contributed by atoms with Gasteiger partial charge in [-0.1, -0.05) is 104 Å². The molecule has 0 aliphatic heterocycles. The molecule has 2 heteroatoms.